The highest BCUT2D eigenvalue weighted by Crippen LogP contribution is 2.17. The highest BCUT2D eigenvalue weighted by Gasteiger charge is 2.02. The summed E-state index contributed by atoms with van der Waals surface area (Å²) in [6.07, 6.45) is 1.80. The van der Waals surface area contributed by atoms with E-state index in [1.165, 1.54) is 0 Å². The molecule has 3 heteroatoms. The fourth-order valence-corrected chi connectivity index (χ4v) is 1.12. The van der Waals surface area contributed by atoms with Crippen LogP contribution < -0.4 is 0 Å². The van der Waals surface area contributed by atoms with Crippen molar-refractivity contribution in [1.29, 1.82) is 0 Å². The van der Waals surface area contributed by atoms with Crippen LogP contribution in [-0.4, -0.2) is 10.1 Å². The molecule has 0 saturated heterocycles. The minimum absolute atomic E-state index is 0.815. The van der Waals surface area contributed by atoms with Crippen molar-refractivity contribution < 1.29 is 4.52 Å². The van der Waals surface area contributed by atoms with E-state index in [1.54, 1.807) is 6.20 Å². The van der Waals surface area contributed by atoms with E-state index in [1.807, 2.05) is 32.0 Å². The third-order valence-corrected chi connectivity index (χ3v) is 1.84. The SMILES string of the molecule is Cc1ccc(-c2cc(C)on2)cn1. The van der Waals surface area contributed by atoms with Crippen LogP contribution in [0.15, 0.2) is 28.9 Å². The van der Waals surface area contributed by atoms with Gasteiger partial charge in [0.2, 0.25) is 0 Å². The van der Waals surface area contributed by atoms with Gasteiger partial charge in [-0.15, -0.1) is 0 Å². The lowest BCUT2D eigenvalue weighted by atomic mass is 10.2. The molecule has 0 spiro atoms. The van der Waals surface area contributed by atoms with E-state index in [0.717, 1.165) is 22.7 Å². The predicted octanol–water partition coefficient (Wildman–Crippen LogP) is 2.35. The van der Waals surface area contributed by atoms with Crippen molar-refractivity contribution in [2.24, 2.45) is 0 Å². The monoisotopic (exact) mass is 174 g/mol. The lowest BCUT2D eigenvalue weighted by Crippen LogP contribution is -1.81. The van der Waals surface area contributed by atoms with E-state index < -0.39 is 0 Å². The maximum atomic E-state index is 4.97. The van der Waals surface area contributed by atoms with Crippen molar-refractivity contribution in [2.75, 3.05) is 0 Å². The number of hydrogen-bond donors (Lipinski definition) is 0. The summed E-state index contributed by atoms with van der Waals surface area (Å²) in [6.45, 7) is 3.83. The Kier molecular flexibility index (Phi) is 1.85. The lowest BCUT2D eigenvalue weighted by Gasteiger charge is -1.94. The summed E-state index contributed by atoms with van der Waals surface area (Å²) in [5, 5.41) is 3.90. The van der Waals surface area contributed by atoms with Gasteiger partial charge in [-0.2, -0.15) is 0 Å². The number of aromatic nitrogens is 2. The van der Waals surface area contributed by atoms with E-state index in [9.17, 15) is 0 Å². The van der Waals surface area contributed by atoms with Crippen molar-refractivity contribution in [3.8, 4) is 11.3 Å². The molecule has 0 radical (unpaired) electrons. The maximum absolute atomic E-state index is 4.97. The van der Waals surface area contributed by atoms with Crippen molar-refractivity contribution in [2.45, 2.75) is 13.8 Å². The average molecular weight is 174 g/mol. The normalized spacial score (nSPS) is 10.3. The maximum Gasteiger partial charge on any atom is 0.134 e. The Morgan fingerprint density at radius 1 is 1.23 bits per heavy atom. The first-order valence-corrected chi connectivity index (χ1v) is 4.12. The van der Waals surface area contributed by atoms with Crippen LogP contribution in [0.2, 0.25) is 0 Å². The molecule has 0 aliphatic carbocycles. The van der Waals surface area contributed by atoms with Crippen LogP contribution in [0.25, 0.3) is 11.3 Å². The zero-order valence-corrected chi connectivity index (χ0v) is 7.61. The first kappa shape index (κ1) is 7.98. The molecule has 0 amide bonds. The van der Waals surface area contributed by atoms with Gasteiger partial charge in [-0.1, -0.05) is 5.16 Å². The zero-order chi connectivity index (χ0) is 9.26. The second kappa shape index (κ2) is 3.01. The molecule has 0 aliphatic rings. The predicted molar refractivity (Wildman–Crippen MR) is 49.2 cm³/mol. The van der Waals surface area contributed by atoms with Crippen LogP contribution in [0.3, 0.4) is 0 Å². The molecule has 3 nitrogen and oxygen atoms in total. The summed E-state index contributed by atoms with van der Waals surface area (Å²) in [6, 6.07) is 5.84. The van der Waals surface area contributed by atoms with Gasteiger partial charge < -0.3 is 4.52 Å². The van der Waals surface area contributed by atoms with Gasteiger partial charge in [0, 0.05) is 23.5 Å². The summed E-state index contributed by atoms with van der Waals surface area (Å²) in [4.78, 5) is 4.18. The number of hydrogen-bond acceptors (Lipinski definition) is 3. The summed E-state index contributed by atoms with van der Waals surface area (Å²) >= 11 is 0. The molecule has 2 aromatic rings. The minimum atomic E-state index is 0.815. The van der Waals surface area contributed by atoms with Crippen LogP contribution in [0.5, 0.6) is 0 Å². The number of aryl methyl sites for hydroxylation is 2. The number of rotatable bonds is 1. The molecule has 0 bridgehead atoms. The fourth-order valence-electron chi connectivity index (χ4n) is 1.12. The van der Waals surface area contributed by atoms with Crippen LogP contribution in [0, 0.1) is 13.8 Å². The number of pyridine rings is 1. The molecule has 0 N–H and O–H groups in total. The summed E-state index contributed by atoms with van der Waals surface area (Å²) in [5.74, 6) is 0.815. The molecule has 2 aromatic heterocycles. The zero-order valence-electron chi connectivity index (χ0n) is 7.61. The molecule has 0 saturated carbocycles. The van der Waals surface area contributed by atoms with Gasteiger partial charge >= 0.3 is 0 Å². The molecular weight excluding hydrogens is 164 g/mol. The van der Waals surface area contributed by atoms with Crippen molar-refractivity contribution in [3.63, 3.8) is 0 Å². The topological polar surface area (TPSA) is 38.9 Å². The molecular formula is C10H10N2O. The Bertz CT molecular complexity index is 403. The Hall–Kier alpha value is -1.64. The highest BCUT2D eigenvalue weighted by atomic mass is 16.5. The standard InChI is InChI=1S/C10H10N2O/c1-7-3-4-9(6-11-7)10-5-8(2)13-12-10/h3-6H,1-2H3. The average Bonchev–Trinajstić information content (AvgIpc) is 2.53. The van der Waals surface area contributed by atoms with Crippen LogP contribution in [0.1, 0.15) is 11.5 Å². The van der Waals surface area contributed by atoms with Gasteiger partial charge in [0.15, 0.2) is 0 Å². The summed E-state index contributed by atoms with van der Waals surface area (Å²) in [7, 11) is 0. The minimum Gasteiger partial charge on any atom is -0.361 e. The van der Waals surface area contributed by atoms with E-state index in [2.05, 4.69) is 10.1 Å². The third-order valence-electron chi connectivity index (χ3n) is 1.84. The Morgan fingerprint density at radius 2 is 2.08 bits per heavy atom. The van der Waals surface area contributed by atoms with Crippen molar-refractivity contribution in [1.82, 2.24) is 10.1 Å². The first-order valence-electron chi connectivity index (χ1n) is 4.12. The van der Waals surface area contributed by atoms with Crippen molar-refractivity contribution >= 4 is 0 Å². The third kappa shape index (κ3) is 1.59. The van der Waals surface area contributed by atoms with Crippen LogP contribution in [-0.2, 0) is 0 Å². The number of nitrogens with zero attached hydrogens (tertiary/aromatic N) is 2. The Labute approximate surface area is 76.4 Å². The quantitative estimate of drug-likeness (QED) is 0.666. The Morgan fingerprint density at radius 3 is 2.62 bits per heavy atom. The molecule has 0 unspecified atom stereocenters. The second-order valence-corrected chi connectivity index (χ2v) is 3.01. The van der Waals surface area contributed by atoms with Crippen molar-refractivity contribution in [3.05, 3.63) is 35.9 Å². The first-order chi connectivity index (χ1) is 6.25. The van der Waals surface area contributed by atoms with E-state index >= 15 is 0 Å². The smallest absolute Gasteiger partial charge is 0.134 e. The molecule has 2 heterocycles. The van der Waals surface area contributed by atoms with Gasteiger partial charge in [0.05, 0.1) is 0 Å². The van der Waals surface area contributed by atoms with E-state index in [4.69, 9.17) is 4.52 Å². The van der Waals surface area contributed by atoms with Gasteiger partial charge in [0.25, 0.3) is 0 Å². The largest absolute Gasteiger partial charge is 0.361 e. The molecule has 0 aliphatic heterocycles. The molecule has 13 heavy (non-hydrogen) atoms. The molecule has 0 aromatic carbocycles. The van der Waals surface area contributed by atoms with Gasteiger partial charge in [-0.3, -0.25) is 4.98 Å². The fraction of sp³-hybridized carbons (Fsp3) is 0.200. The van der Waals surface area contributed by atoms with Gasteiger partial charge in [-0.25, -0.2) is 0 Å². The van der Waals surface area contributed by atoms with Crippen LogP contribution >= 0.6 is 0 Å². The molecule has 0 atom stereocenters. The van der Waals surface area contributed by atoms with Crippen LogP contribution in [0.4, 0.5) is 0 Å². The van der Waals surface area contributed by atoms with Gasteiger partial charge in [0.1, 0.15) is 11.5 Å². The lowest BCUT2D eigenvalue weighted by molar-refractivity contribution is 0.399. The summed E-state index contributed by atoms with van der Waals surface area (Å²) in [5.41, 5.74) is 2.83. The summed E-state index contributed by atoms with van der Waals surface area (Å²) < 4.78 is 4.97. The molecule has 2 rings (SSSR count). The molecule has 66 valence electrons. The highest BCUT2D eigenvalue weighted by molar-refractivity contribution is 5.57. The molecule has 0 fully saturated rings. The van der Waals surface area contributed by atoms with Gasteiger partial charge in [-0.05, 0) is 26.0 Å². The Balaban J connectivity index is 2.41. The van der Waals surface area contributed by atoms with E-state index in [-0.39, 0.29) is 0 Å². The van der Waals surface area contributed by atoms with E-state index in [0.29, 0.717) is 0 Å². The second-order valence-electron chi connectivity index (χ2n) is 3.01.